The van der Waals surface area contributed by atoms with E-state index in [0.29, 0.717) is 16.7 Å². The Balaban J connectivity index is 2.74. The minimum absolute atomic E-state index is 0.0150. The van der Waals surface area contributed by atoms with Gasteiger partial charge in [-0.3, -0.25) is 4.79 Å². The van der Waals surface area contributed by atoms with Gasteiger partial charge in [-0.2, -0.15) is 10.5 Å². The van der Waals surface area contributed by atoms with Crippen molar-refractivity contribution in [2.45, 2.75) is 6.42 Å². The first kappa shape index (κ1) is 9.95. The van der Waals surface area contributed by atoms with E-state index in [2.05, 4.69) is 0 Å². The predicted molar refractivity (Wildman–Crippen MR) is 55.2 cm³/mol. The highest BCUT2D eigenvalue weighted by molar-refractivity contribution is 6.13. The van der Waals surface area contributed by atoms with Crippen LogP contribution in [0, 0.1) is 22.7 Å². The van der Waals surface area contributed by atoms with Crippen LogP contribution in [-0.4, -0.2) is 10.9 Å². The van der Waals surface area contributed by atoms with E-state index in [1.807, 2.05) is 0 Å². The Kier molecular flexibility index (Phi) is 2.19. The molecule has 0 saturated carbocycles. The van der Waals surface area contributed by atoms with Crippen LogP contribution in [0.15, 0.2) is 23.8 Å². The molecule has 0 saturated heterocycles. The van der Waals surface area contributed by atoms with Gasteiger partial charge in [-0.1, -0.05) is 0 Å². The average molecular weight is 210 g/mol. The molecular formula is C12H6N2O2. The molecule has 1 N–H and O–H groups in total. The highest BCUT2D eigenvalue weighted by Gasteiger charge is 2.27. The number of carbonyl (C=O) groups excluding carboxylic acids is 1. The Morgan fingerprint density at radius 2 is 1.94 bits per heavy atom. The van der Waals surface area contributed by atoms with Crippen LogP contribution in [-0.2, 0) is 0 Å². The second kappa shape index (κ2) is 3.52. The van der Waals surface area contributed by atoms with Crippen molar-refractivity contribution in [3.63, 3.8) is 0 Å². The van der Waals surface area contributed by atoms with E-state index in [1.54, 1.807) is 12.1 Å². The number of Topliss-reactive ketones (excluding diaryl/α,β-unsaturated/α-hetero) is 1. The van der Waals surface area contributed by atoms with Crippen molar-refractivity contribution in [3.05, 3.63) is 34.9 Å². The smallest absolute Gasteiger partial charge is 0.167 e. The fourth-order valence-electron chi connectivity index (χ4n) is 1.76. The van der Waals surface area contributed by atoms with E-state index in [9.17, 15) is 9.90 Å². The minimum Gasteiger partial charge on any atom is -0.508 e. The molecule has 76 valence electrons. The monoisotopic (exact) mass is 210 g/mol. The summed E-state index contributed by atoms with van der Waals surface area (Å²) in [5, 5.41) is 26.9. The number of carbonyl (C=O) groups is 1. The van der Waals surface area contributed by atoms with Crippen molar-refractivity contribution in [1.82, 2.24) is 0 Å². The lowest BCUT2D eigenvalue weighted by atomic mass is 10.0. The van der Waals surface area contributed by atoms with Gasteiger partial charge in [-0.15, -0.1) is 0 Å². The molecule has 1 aliphatic rings. The fraction of sp³-hybridized carbons (Fsp3) is 0.0833. The van der Waals surface area contributed by atoms with Gasteiger partial charge in [0.05, 0.1) is 0 Å². The third-order valence-corrected chi connectivity index (χ3v) is 2.49. The Bertz CT molecular complexity index is 584. The van der Waals surface area contributed by atoms with Gasteiger partial charge in [-0.25, -0.2) is 0 Å². The van der Waals surface area contributed by atoms with Crippen molar-refractivity contribution in [2.75, 3.05) is 0 Å². The minimum atomic E-state index is -0.131. The van der Waals surface area contributed by atoms with Crippen LogP contribution in [0.3, 0.4) is 0 Å². The summed E-state index contributed by atoms with van der Waals surface area (Å²) in [4.78, 5) is 11.6. The maximum absolute atomic E-state index is 11.6. The summed E-state index contributed by atoms with van der Waals surface area (Å²) in [6.45, 7) is 0. The molecule has 0 aromatic heterocycles. The second-order valence-electron chi connectivity index (χ2n) is 3.41. The van der Waals surface area contributed by atoms with Crippen LogP contribution in [0.2, 0.25) is 0 Å². The molecule has 1 aliphatic carbocycles. The Morgan fingerprint density at radius 1 is 1.25 bits per heavy atom. The SMILES string of the molecule is N#CC(C#N)=C1CC(=O)c2ccc(O)cc21. The van der Waals surface area contributed by atoms with E-state index in [0.717, 1.165) is 0 Å². The molecule has 0 unspecified atom stereocenters. The van der Waals surface area contributed by atoms with Gasteiger partial charge >= 0.3 is 0 Å². The van der Waals surface area contributed by atoms with Gasteiger partial charge in [0.1, 0.15) is 23.5 Å². The normalized spacial score (nSPS) is 12.9. The molecular weight excluding hydrogens is 204 g/mol. The zero-order valence-electron chi connectivity index (χ0n) is 8.19. The summed E-state index contributed by atoms with van der Waals surface area (Å²) in [5.41, 5.74) is 1.28. The standard InChI is InChI=1S/C12H6N2O2/c13-5-7(6-14)10-4-12(16)9-2-1-8(15)3-11(9)10/h1-3,15H,4H2. The number of hydrogen-bond acceptors (Lipinski definition) is 4. The zero-order chi connectivity index (χ0) is 11.7. The summed E-state index contributed by atoms with van der Waals surface area (Å²) >= 11 is 0. The summed E-state index contributed by atoms with van der Waals surface area (Å²) < 4.78 is 0. The van der Waals surface area contributed by atoms with E-state index in [1.165, 1.54) is 18.2 Å². The van der Waals surface area contributed by atoms with Crippen LogP contribution in [0.25, 0.3) is 5.57 Å². The maximum atomic E-state index is 11.6. The van der Waals surface area contributed by atoms with E-state index >= 15 is 0 Å². The van der Waals surface area contributed by atoms with Gasteiger partial charge < -0.3 is 5.11 Å². The predicted octanol–water partition coefficient (Wildman–Crippen LogP) is 1.78. The molecule has 16 heavy (non-hydrogen) atoms. The summed E-state index contributed by atoms with van der Waals surface area (Å²) in [5.74, 6) is -0.117. The Hall–Kier alpha value is -2.59. The molecule has 2 rings (SSSR count). The quantitative estimate of drug-likeness (QED) is 0.661. The number of phenols is 1. The van der Waals surface area contributed by atoms with Crippen LogP contribution < -0.4 is 0 Å². The lowest BCUT2D eigenvalue weighted by molar-refractivity contribution is 0.100. The van der Waals surface area contributed by atoms with Gasteiger partial charge in [0.2, 0.25) is 0 Å². The highest BCUT2D eigenvalue weighted by Crippen LogP contribution is 2.36. The lowest BCUT2D eigenvalue weighted by Gasteiger charge is -2.00. The average Bonchev–Trinajstić information content (AvgIpc) is 2.58. The number of rotatable bonds is 0. The molecule has 0 spiro atoms. The van der Waals surface area contributed by atoms with Crippen LogP contribution >= 0.6 is 0 Å². The number of nitriles is 2. The number of phenolic OH excluding ortho intramolecular Hbond substituents is 1. The van der Waals surface area contributed by atoms with Gasteiger partial charge in [0.25, 0.3) is 0 Å². The van der Waals surface area contributed by atoms with Gasteiger partial charge in [0, 0.05) is 12.0 Å². The second-order valence-corrected chi connectivity index (χ2v) is 3.41. The van der Waals surface area contributed by atoms with Crippen LogP contribution in [0.5, 0.6) is 5.75 Å². The van der Waals surface area contributed by atoms with Gasteiger partial charge in [-0.05, 0) is 29.3 Å². The number of allylic oxidation sites excluding steroid dienone is 2. The number of ketones is 1. The van der Waals surface area contributed by atoms with Gasteiger partial charge in [0.15, 0.2) is 5.78 Å². The molecule has 1 aromatic carbocycles. The van der Waals surface area contributed by atoms with Crippen LogP contribution in [0.4, 0.5) is 0 Å². The highest BCUT2D eigenvalue weighted by atomic mass is 16.3. The molecule has 0 heterocycles. The lowest BCUT2D eigenvalue weighted by Crippen LogP contribution is -1.89. The Labute approximate surface area is 91.7 Å². The first-order chi connectivity index (χ1) is 7.67. The first-order valence-electron chi connectivity index (χ1n) is 4.57. The third-order valence-electron chi connectivity index (χ3n) is 2.49. The molecule has 0 aliphatic heterocycles. The summed E-state index contributed by atoms with van der Waals surface area (Å²) in [7, 11) is 0. The molecule has 4 nitrogen and oxygen atoms in total. The summed E-state index contributed by atoms with van der Waals surface area (Å²) in [6, 6.07) is 7.85. The molecule has 0 amide bonds. The molecule has 0 bridgehead atoms. The largest absolute Gasteiger partial charge is 0.508 e. The van der Waals surface area contributed by atoms with E-state index < -0.39 is 0 Å². The molecule has 1 aromatic rings. The van der Waals surface area contributed by atoms with Crippen molar-refractivity contribution in [3.8, 4) is 17.9 Å². The molecule has 0 radical (unpaired) electrons. The number of fused-ring (bicyclic) bond motifs is 1. The third kappa shape index (κ3) is 1.34. The van der Waals surface area contributed by atoms with Crippen molar-refractivity contribution in [2.24, 2.45) is 0 Å². The zero-order valence-corrected chi connectivity index (χ0v) is 8.19. The first-order valence-corrected chi connectivity index (χ1v) is 4.57. The van der Waals surface area contributed by atoms with Crippen molar-refractivity contribution >= 4 is 11.4 Å². The van der Waals surface area contributed by atoms with E-state index in [-0.39, 0.29) is 23.5 Å². The topological polar surface area (TPSA) is 84.9 Å². The molecule has 0 atom stereocenters. The summed E-state index contributed by atoms with van der Waals surface area (Å²) in [6.07, 6.45) is 0.0508. The number of hydrogen-bond donors (Lipinski definition) is 1. The number of benzene rings is 1. The number of aromatic hydroxyl groups is 1. The van der Waals surface area contributed by atoms with Crippen LogP contribution in [0.1, 0.15) is 22.3 Å². The molecule has 0 fully saturated rings. The maximum Gasteiger partial charge on any atom is 0.167 e. The van der Waals surface area contributed by atoms with E-state index in [4.69, 9.17) is 10.5 Å². The van der Waals surface area contributed by atoms with Crippen molar-refractivity contribution < 1.29 is 9.90 Å². The fourth-order valence-corrected chi connectivity index (χ4v) is 1.76. The Morgan fingerprint density at radius 3 is 2.56 bits per heavy atom. The van der Waals surface area contributed by atoms with Crippen molar-refractivity contribution in [1.29, 1.82) is 10.5 Å². The molecule has 4 heteroatoms. The number of nitrogens with zero attached hydrogens (tertiary/aromatic N) is 2.